The van der Waals surface area contributed by atoms with Crippen molar-refractivity contribution in [3.05, 3.63) is 118 Å². The topological polar surface area (TPSA) is 120 Å². The zero-order valence-electron chi connectivity index (χ0n) is 18.8. The highest BCUT2D eigenvalue weighted by atomic mass is 16.6. The minimum Gasteiger partial charge on any atom is -0.360 e. The molecule has 2 aromatic carbocycles. The number of non-ortho nitro benzene ring substituents is 1. The molecule has 0 aliphatic rings. The maximum absolute atomic E-state index is 11.0. The van der Waals surface area contributed by atoms with Crippen LogP contribution in [0.4, 0.5) is 5.69 Å². The highest BCUT2D eigenvalue weighted by Crippen LogP contribution is 2.33. The minimum absolute atomic E-state index is 0.0162. The molecule has 0 spiro atoms. The van der Waals surface area contributed by atoms with Crippen LogP contribution in [-0.2, 0) is 11.3 Å². The monoisotopic (exact) mass is 467 g/mol. The van der Waals surface area contributed by atoms with Crippen molar-refractivity contribution in [2.24, 2.45) is 0 Å². The van der Waals surface area contributed by atoms with Gasteiger partial charge in [0.1, 0.15) is 30.0 Å². The number of rotatable bonds is 8. The van der Waals surface area contributed by atoms with E-state index in [-0.39, 0.29) is 12.3 Å². The van der Waals surface area contributed by atoms with Gasteiger partial charge in [0.05, 0.1) is 28.1 Å². The fraction of sp³-hybridized carbons (Fsp3) is 0.115. The van der Waals surface area contributed by atoms with Crippen LogP contribution in [0.3, 0.4) is 0 Å². The van der Waals surface area contributed by atoms with Crippen LogP contribution in [0, 0.1) is 17.0 Å². The van der Waals surface area contributed by atoms with Crippen LogP contribution < -0.4 is 0 Å². The Morgan fingerprint density at radius 2 is 1.80 bits per heavy atom. The number of nitrogens with one attached hydrogen (secondary N) is 1. The summed E-state index contributed by atoms with van der Waals surface area (Å²) in [6, 6.07) is 21.6. The molecular formula is C26H21N5O4. The van der Waals surface area contributed by atoms with E-state index in [4.69, 9.17) is 9.26 Å². The first-order valence-corrected chi connectivity index (χ1v) is 10.9. The summed E-state index contributed by atoms with van der Waals surface area (Å²) >= 11 is 0. The van der Waals surface area contributed by atoms with Crippen molar-refractivity contribution in [1.82, 2.24) is 20.1 Å². The van der Waals surface area contributed by atoms with Gasteiger partial charge in [-0.1, -0.05) is 41.6 Å². The first-order chi connectivity index (χ1) is 17.1. The van der Waals surface area contributed by atoms with Gasteiger partial charge in [0.15, 0.2) is 0 Å². The first-order valence-electron chi connectivity index (χ1n) is 10.9. The van der Waals surface area contributed by atoms with Crippen molar-refractivity contribution in [3.63, 3.8) is 0 Å². The molecule has 0 saturated heterocycles. The van der Waals surface area contributed by atoms with Gasteiger partial charge < -0.3 is 14.2 Å². The molecule has 0 bridgehead atoms. The zero-order valence-corrected chi connectivity index (χ0v) is 18.8. The number of aryl methyl sites for hydroxylation is 1. The van der Waals surface area contributed by atoms with E-state index in [0.717, 1.165) is 28.1 Å². The van der Waals surface area contributed by atoms with Gasteiger partial charge in [-0.3, -0.25) is 15.1 Å². The third kappa shape index (κ3) is 4.71. The van der Waals surface area contributed by atoms with Crippen molar-refractivity contribution in [3.8, 4) is 22.5 Å². The molecule has 5 rings (SSSR count). The number of benzene rings is 2. The van der Waals surface area contributed by atoms with E-state index in [1.807, 2.05) is 55.5 Å². The van der Waals surface area contributed by atoms with Gasteiger partial charge in [-0.05, 0) is 36.8 Å². The highest BCUT2D eigenvalue weighted by Gasteiger charge is 2.21. The number of aromatic amines is 1. The van der Waals surface area contributed by atoms with E-state index in [0.29, 0.717) is 17.3 Å². The van der Waals surface area contributed by atoms with E-state index in [1.54, 1.807) is 24.5 Å². The molecule has 5 aromatic rings. The lowest BCUT2D eigenvalue weighted by molar-refractivity contribution is -0.384. The Kier molecular flexibility index (Phi) is 6.15. The standard InChI is InChI=1S/C26H21N5O4/c1-17-24(25(30-35-17)18-7-3-2-4-8-18)22-15-28-23(29-22)16-34-26(21-9-5-6-14-27-21)19-10-12-20(13-11-19)31(32)33/h2-15,26H,16H2,1H3,(H,28,29). The van der Waals surface area contributed by atoms with Crippen molar-refractivity contribution >= 4 is 5.69 Å². The number of hydrogen-bond donors (Lipinski definition) is 1. The lowest BCUT2D eigenvalue weighted by Crippen LogP contribution is -2.09. The number of pyridine rings is 1. The summed E-state index contributed by atoms with van der Waals surface area (Å²) in [5.41, 5.74) is 4.74. The Hall–Kier alpha value is -4.63. The molecule has 1 unspecified atom stereocenters. The van der Waals surface area contributed by atoms with Crippen molar-refractivity contribution in [1.29, 1.82) is 0 Å². The van der Waals surface area contributed by atoms with Crippen LogP contribution in [0.1, 0.15) is 28.9 Å². The molecule has 0 fully saturated rings. The molecule has 3 aromatic heterocycles. The number of nitrogens with zero attached hydrogens (tertiary/aromatic N) is 4. The fourth-order valence-electron chi connectivity index (χ4n) is 3.86. The number of ether oxygens (including phenoxy) is 1. The predicted octanol–water partition coefficient (Wildman–Crippen LogP) is 5.65. The lowest BCUT2D eigenvalue weighted by Gasteiger charge is -2.17. The molecule has 1 atom stereocenters. The number of nitro groups is 1. The Morgan fingerprint density at radius 3 is 2.51 bits per heavy atom. The molecule has 1 N–H and O–H groups in total. The largest absolute Gasteiger partial charge is 0.360 e. The number of H-pyrrole nitrogens is 1. The van der Waals surface area contributed by atoms with Crippen LogP contribution in [0.5, 0.6) is 0 Å². The fourth-order valence-corrected chi connectivity index (χ4v) is 3.86. The number of nitro benzene ring substituents is 1. The third-order valence-electron chi connectivity index (χ3n) is 5.56. The molecule has 0 radical (unpaired) electrons. The molecule has 174 valence electrons. The van der Waals surface area contributed by atoms with Gasteiger partial charge in [-0.25, -0.2) is 4.98 Å². The van der Waals surface area contributed by atoms with E-state index < -0.39 is 11.0 Å². The Labute approximate surface area is 200 Å². The molecular weight excluding hydrogens is 446 g/mol. The summed E-state index contributed by atoms with van der Waals surface area (Å²) in [7, 11) is 0. The van der Waals surface area contributed by atoms with E-state index in [1.165, 1.54) is 12.1 Å². The van der Waals surface area contributed by atoms with Gasteiger partial charge in [0.25, 0.3) is 5.69 Å². The van der Waals surface area contributed by atoms with E-state index in [9.17, 15) is 10.1 Å². The number of imidazole rings is 1. The summed E-state index contributed by atoms with van der Waals surface area (Å²) in [5, 5.41) is 15.3. The molecule has 35 heavy (non-hydrogen) atoms. The molecule has 9 heteroatoms. The van der Waals surface area contributed by atoms with Crippen molar-refractivity contribution in [2.75, 3.05) is 0 Å². The van der Waals surface area contributed by atoms with Crippen LogP contribution in [0.2, 0.25) is 0 Å². The number of hydrogen-bond acceptors (Lipinski definition) is 7. The Bertz CT molecular complexity index is 1430. The summed E-state index contributed by atoms with van der Waals surface area (Å²) in [6.07, 6.45) is 2.89. The van der Waals surface area contributed by atoms with Crippen LogP contribution in [0.15, 0.2) is 89.7 Å². The SMILES string of the molecule is Cc1onc(-c2ccccc2)c1-c1cnc(COC(c2ccc([N+](=O)[O-])cc2)c2ccccn2)[nH]1. The summed E-state index contributed by atoms with van der Waals surface area (Å²) in [5.74, 6) is 1.29. The average Bonchev–Trinajstić information content (AvgIpc) is 3.52. The smallest absolute Gasteiger partial charge is 0.269 e. The summed E-state index contributed by atoms with van der Waals surface area (Å²) < 4.78 is 11.7. The van der Waals surface area contributed by atoms with Crippen molar-refractivity contribution < 1.29 is 14.2 Å². The van der Waals surface area contributed by atoms with E-state index >= 15 is 0 Å². The van der Waals surface area contributed by atoms with Crippen LogP contribution in [-0.4, -0.2) is 25.0 Å². The molecule has 0 saturated carbocycles. The second kappa shape index (κ2) is 9.70. The molecule has 0 aliphatic carbocycles. The van der Waals surface area contributed by atoms with Gasteiger partial charge in [0.2, 0.25) is 0 Å². The quantitative estimate of drug-likeness (QED) is 0.231. The number of aromatic nitrogens is 4. The molecule has 0 aliphatic heterocycles. The highest BCUT2D eigenvalue weighted by molar-refractivity contribution is 5.79. The van der Waals surface area contributed by atoms with Gasteiger partial charge in [-0.2, -0.15) is 0 Å². The maximum atomic E-state index is 11.0. The zero-order chi connectivity index (χ0) is 24.2. The van der Waals surface area contributed by atoms with Gasteiger partial charge in [-0.15, -0.1) is 0 Å². The first kappa shape index (κ1) is 22.2. The minimum atomic E-state index is -0.525. The average molecular weight is 467 g/mol. The molecule has 9 nitrogen and oxygen atoms in total. The predicted molar refractivity (Wildman–Crippen MR) is 128 cm³/mol. The second-order valence-corrected chi connectivity index (χ2v) is 7.87. The lowest BCUT2D eigenvalue weighted by atomic mass is 10.0. The Balaban J connectivity index is 1.40. The van der Waals surface area contributed by atoms with Gasteiger partial charge in [0, 0.05) is 23.9 Å². The molecule has 3 heterocycles. The van der Waals surface area contributed by atoms with Gasteiger partial charge >= 0.3 is 0 Å². The summed E-state index contributed by atoms with van der Waals surface area (Å²) in [6.45, 7) is 2.03. The second-order valence-electron chi connectivity index (χ2n) is 7.87. The van der Waals surface area contributed by atoms with Crippen LogP contribution >= 0.6 is 0 Å². The van der Waals surface area contributed by atoms with Crippen LogP contribution in [0.25, 0.3) is 22.5 Å². The normalized spacial score (nSPS) is 11.9. The summed E-state index contributed by atoms with van der Waals surface area (Å²) in [4.78, 5) is 22.8. The third-order valence-corrected chi connectivity index (χ3v) is 5.56. The Morgan fingerprint density at radius 1 is 1.03 bits per heavy atom. The maximum Gasteiger partial charge on any atom is 0.269 e. The molecule has 0 amide bonds. The van der Waals surface area contributed by atoms with E-state index in [2.05, 4.69) is 20.1 Å². The van der Waals surface area contributed by atoms with Crippen molar-refractivity contribution in [2.45, 2.75) is 19.6 Å².